The van der Waals surface area contributed by atoms with Gasteiger partial charge in [0.05, 0.1) is 4.92 Å². The Morgan fingerprint density at radius 2 is 2.05 bits per heavy atom. The van der Waals surface area contributed by atoms with Gasteiger partial charge in [0.25, 0.3) is 0 Å². The molecule has 0 unspecified atom stereocenters. The Bertz CT molecular complexity index is 681. The summed E-state index contributed by atoms with van der Waals surface area (Å²) in [7, 11) is 0. The van der Waals surface area contributed by atoms with E-state index in [0.717, 1.165) is 0 Å². The van der Waals surface area contributed by atoms with E-state index in [4.69, 9.17) is 16.3 Å². The fourth-order valence-electron chi connectivity index (χ4n) is 1.70. The molecule has 0 fully saturated rings. The molecule has 0 N–H and O–H groups in total. The van der Waals surface area contributed by atoms with Crippen molar-refractivity contribution < 1.29 is 14.1 Å². The van der Waals surface area contributed by atoms with E-state index in [9.17, 15) is 14.5 Å². The molecule has 0 saturated heterocycles. The number of alkyl halides is 1. The molecule has 0 aliphatic heterocycles. The number of rotatable bonds is 5. The van der Waals surface area contributed by atoms with Crippen molar-refractivity contribution in [2.45, 2.75) is 12.5 Å². The quantitative estimate of drug-likeness (QED) is 0.428. The zero-order chi connectivity index (χ0) is 15.4. The minimum atomic E-state index is -0.550. The minimum Gasteiger partial charge on any atom is -0.482 e. The molecule has 7 heteroatoms. The Kier molecular flexibility index (Phi) is 5.14. The third-order valence-electron chi connectivity index (χ3n) is 2.77. The number of hydrogen-bond acceptors (Lipinski definition) is 3. The maximum absolute atomic E-state index is 13.7. The van der Waals surface area contributed by atoms with Crippen LogP contribution in [-0.4, -0.2) is 4.92 Å². The molecule has 0 bridgehead atoms. The van der Waals surface area contributed by atoms with Gasteiger partial charge in [-0.1, -0.05) is 28.1 Å². The minimum absolute atomic E-state index is 0.0699. The number of ether oxygens (including phenoxy) is 1. The number of nitro benzene ring substituents is 1. The molecule has 0 spiro atoms. The van der Waals surface area contributed by atoms with Crippen LogP contribution in [0.25, 0.3) is 0 Å². The number of nitrogens with zero attached hydrogens (tertiary/aromatic N) is 1. The van der Waals surface area contributed by atoms with Crippen molar-refractivity contribution in [2.75, 3.05) is 0 Å². The van der Waals surface area contributed by atoms with Gasteiger partial charge in [0.15, 0.2) is 5.75 Å². The highest BCUT2D eigenvalue weighted by molar-refractivity contribution is 9.10. The predicted octanol–water partition coefficient (Wildman–Crippen LogP) is 4.81. The number of hydrogen-bond donors (Lipinski definition) is 0. The molecule has 0 atom stereocenters. The maximum Gasteiger partial charge on any atom is 0.310 e. The van der Waals surface area contributed by atoms with Gasteiger partial charge < -0.3 is 4.74 Å². The fourth-order valence-corrected chi connectivity index (χ4v) is 2.20. The highest BCUT2D eigenvalue weighted by atomic mass is 79.9. The summed E-state index contributed by atoms with van der Waals surface area (Å²) in [5.41, 5.74) is 0.818. The molecule has 2 aromatic rings. The molecule has 0 saturated carbocycles. The highest BCUT2D eigenvalue weighted by Gasteiger charge is 2.16. The van der Waals surface area contributed by atoms with E-state index in [1.807, 2.05) is 0 Å². The number of benzene rings is 2. The SMILES string of the molecule is O=[N+]([O-])c1ccc(CCl)cc1OCc1ccc(Br)cc1F. The molecule has 0 amide bonds. The standard InChI is InChI=1S/C14H10BrClFNO3/c15-11-3-2-10(12(17)6-11)8-21-14-5-9(7-16)1-4-13(14)18(19)20/h1-6H,7-8H2. The summed E-state index contributed by atoms with van der Waals surface area (Å²) in [5.74, 6) is -0.165. The topological polar surface area (TPSA) is 52.4 Å². The lowest BCUT2D eigenvalue weighted by Gasteiger charge is -2.09. The fraction of sp³-hybridized carbons (Fsp3) is 0.143. The van der Waals surface area contributed by atoms with Gasteiger partial charge in [-0.15, -0.1) is 11.6 Å². The first-order valence-electron chi connectivity index (χ1n) is 5.91. The van der Waals surface area contributed by atoms with Crippen LogP contribution in [-0.2, 0) is 12.5 Å². The van der Waals surface area contributed by atoms with Crippen LogP contribution in [0.4, 0.5) is 10.1 Å². The van der Waals surface area contributed by atoms with E-state index in [2.05, 4.69) is 15.9 Å². The maximum atomic E-state index is 13.7. The average Bonchev–Trinajstić information content (AvgIpc) is 2.45. The monoisotopic (exact) mass is 373 g/mol. The summed E-state index contributed by atoms with van der Waals surface area (Å²) >= 11 is 8.86. The summed E-state index contributed by atoms with van der Waals surface area (Å²) in [5, 5.41) is 11.0. The van der Waals surface area contributed by atoms with E-state index in [0.29, 0.717) is 15.6 Å². The lowest BCUT2D eigenvalue weighted by molar-refractivity contribution is -0.386. The van der Waals surface area contributed by atoms with Crippen LogP contribution < -0.4 is 4.74 Å². The van der Waals surface area contributed by atoms with Gasteiger partial charge in [-0.2, -0.15) is 0 Å². The third kappa shape index (κ3) is 3.92. The molecule has 110 valence electrons. The largest absolute Gasteiger partial charge is 0.482 e. The molecule has 0 aliphatic carbocycles. The second-order valence-corrected chi connectivity index (χ2v) is 5.40. The smallest absolute Gasteiger partial charge is 0.310 e. The molecular formula is C14H10BrClFNO3. The zero-order valence-electron chi connectivity index (χ0n) is 10.7. The molecule has 0 aliphatic rings. The molecule has 0 heterocycles. The van der Waals surface area contributed by atoms with Gasteiger partial charge in [0.2, 0.25) is 0 Å². The van der Waals surface area contributed by atoms with Crippen molar-refractivity contribution in [1.29, 1.82) is 0 Å². The van der Waals surface area contributed by atoms with Crippen LogP contribution in [0.5, 0.6) is 5.75 Å². The van der Waals surface area contributed by atoms with Crippen LogP contribution >= 0.6 is 27.5 Å². The first-order valence-corrected chi connectivity index (χ1v) is 7.24. The van der Waals surface area contributed by atoms with Crippen molar-refractivity contribution in [3.8, 4) is 5.75 Å². The molecule has 2 rings (SSSR count). The van der Waals surface area contributed by atoms with E-state index in [1.165, 1.54) is 18.2 Å². The van der Waals surface area contributed by atoms with Crippen molar-refractivity contribution >= 4 is 33.2 Å². The van der Waals surface area contributed by atoms with Crippen LogP contribution in [0.2, 0.25) is 0 Å². The Hall–Kier alpha value is -1.66. The summed E-state index contributed by atoms with van der Waals surface area (Å²) < 4.78 is 19.7. The van der Waals surface area contributed by atoms with Crippen molar-refractivity contribution in [2.24, 2.45) is 0 Å². The summed E-state index contributed by atoms with van der Waals surface area (Å²) in [6.45, 7) is -0.105. The van der Waals surface area contributed by atoms with Crippen LogP contribution in [0.1, 0.15) is 11.1 Å². The molecule has 2 aromatic carbocycles. The predicted molar refractivity (Wildman–Crippen MR) is 81.1 cm³/mol. The lowest BCUT2D eigenvalue weighted by atomic mass is 10.2. The van der Waals surface area contributed by atoms with Crippen molar-refractivity contribution in [3.05, 3.63) is 67.9 Å². The highest BCUT2D eigenvalue weighted by Crippen LogP contribution is 2.29. The third-order valence-corrected chi connectivity index (χ3v) is 3.58. The van der Waals surface area contributed by atoms with Crippen molar-refractivity contribution in [1.82, 2.24) is 0 Å². The number of halogens is 3. The zero-order valence-corrected chi connectivity index (χ0v) is 13.0. The van der Waals surface area contributed by atoms with E-state index in [-0.39, 0.29) is 23.9 Å². The molecule has 21 heavy (non-hydrogen) atoms. The van der Waals surface area contributed by atoms with Crippen LogP contribution in [0.3, 0.4) is 0 Å². The van der Waals surface area contributed by atoms with Gasteiger partial charge in [0.1, 0.15) is 12.4 Å². The Labute approximate surface area is 133 Å². The summed E-state index contributed by atoms with van der Waals surface area (Å²) in [6, 6.07) is 8.90. The molecule has 4 nitrogen and oxygen atoms in total. The van der Waals surface area contributed by atoms with Gasteiger partial charge in [-0.25, -0.2) is 4.39 Å². The van der Waals surface area contributed by atoms with Crippen LogP contribution in [0.15, 0.2) is 40.9 Å². The first-order chi connectivity index (χ1) is 10.0. The van der Waals surface area contributed by atoms with Gasteiger partial charge >= 0.3 is 5.69 Å². The van der Waals surface area contributed by atoms with Crippen molar-refractivity contribution in [3.63, 3.8) is 0 Å². The Morgan fingerprint density at radius 1 is 1.29 bits per heavy atom. The van der Waals surface area contributed by atoms with Gasteiger partial charge in [-0.3, -0.25) is 10.1 Å². The Balaban J connectivity index is 2.24. The Morgan fingerprint density at radius 3 is 2.67 bits per heavy atom. The van der Waals surface area contributed by atoms with E-state index < -0.39 is 10.7 Å². The average molecular weight is 375 g/mol. The molecular weight excluding hydrogens is 365 g/mol. The molecule has 0 radical (unpaired) electrons. The summed E-state index contributed by atoms with van der Waals surface area (Å²) in [4.78, 5) is 10.4. The normalized spacial score (nSPS) is 10.4. The summed E-state index contributed by atoms with van der Waals surface area (Å²) in [6.07, 6.45) is 0. The second-order valence-electron chi connectivity index (χ2n) is 4.22. The van der Waals surface area contributed by atoms with E-state index >= 15 is 0 Å². The first kappa shape index (κ1) is 15.7. The second kappa shape index (κ2) is 6.87. The van der Waals surface area contributed by atoms with Gasteiger partial charge in [-0.05, 0) is 23.8 Å². The molecule has 0 aromatic heterocycles. The van der Waals surface area contributed by atoms with Crippen LogP contribution in [0, 0.1) is 15.9 Å². The lowest BCUT2D eigenvalue weighted by Crippen LogP contribution is -2.01. The van der Waals surface area contributed by atoms with E-state index in [1.54, 1.807) is 18.2 Å². The number of nitro groups is 1. The van der Waals surface area contributed by atoms with Gasteiger partial charge in [0, 0.05) is 22.0 Å².